The van der Waals surface area contributed by atoms with Gasteiger partial charge in [-0.3, -0.25) is 0 Å². The summed E-state index contributed by atoms with van der Waals surface area (Å²) in [6.45, 7) is 4.36. The molecule has 3 aliphatic heterocycles. The van der Waals surface area contributed by atoms with E-state index in [2.05, 4.69) is 268 Å². The Hall–Kier alpha value is -8.96. The standard InChI is InChI=1S/C68H44N5O.Sb/c1-44-27-31-46(32-28-44)69-48-35-49(37-50(36-48)71-63-21-9-3-15-57(63)58-16-4-10-22-64(58)71)70(47-33-29-45(2)30-34-47)52-39-54(73-67-25-13-7-19-61(67)62-20-8-14-26-68(62)73)43-56(41-52)74-55-40-51(69)38-53(42-55)72-65-23-11-5-17-59(65)60-18-6-12-24-66(60)72;/h3-34,36-39,42-43H,1-2H3;. The number of nitrogens with zero attached hydrogens (tertiary/aromatic N) is 5. The van der Waals surface area contributed by atoms with Crippen LogP contribution >= 0.6 is 0 Å². The summed E-state index contributed by atoms with van der Waals surface area (Å²) in [5.74, 6) is 1.88. The normalized spacial score (nSPS) is 13.5. The second-order valence-electron chi connectivity index (χ2n) is 20.3. The zero-order valence-corrected chi connectivity index (χ0v) is 43.6. The molecular weight excluding hydrogens is 1020 g/mol. The van der Waals surface area contributed by atoms with Crippen molar-refractivity contribution in [2.75, 3.05) is 9.80 Å². The quantitative estimate of drug-likeness (QED) is 0.161. The molecule has 17 rings (SSSR count). The van der Waals surface area contributed by atoms with Crippen LogP contribution in [0, 0.1) is 13.8 Å². The molecular formula is C68H44N5OSb. The summed E-state index contributed by atoms with van der Waals surface area (Å²) in [6, 6.07) is 86.1. The molecule has 0 bridgehead atoms. The predicted octanol–water partition coefficient (Wildman–Crippen LogP) is 15.8. The van der Waals surface area contributed by atoms with E-state index in [0.29, 0.717) is 0 Å². The summed E-state index contributed by atoms with van der Waals surface area (Å²) < 4.78 is 19.3. The zero-order chi connectivity index (χ0) is 49.2. The molecule has 0 saturated heterocycles. The molecule has 0 amide bonds. The molecule has 0 N–H and O–H groups in total. The number of benzene rings is 11. The zero-order valence-electron chi connectivity index (χ0n) is 41.0. The molecule has 14 aromatic rings. The first kappa shape index (κ1) is 41.5. The van der Waals surface area contributed by atoms with Gasteiger partial charge in [0.15, 0.2) is 0 Å². The molecule has 7 heteroatoms. The van der Waals surface area contributed by atoms with Crippen molar-refractivity contribution in [3.8, 4) is 28.6 Å². The fourth-order valence-electron chi connectivity index (χ4n) is 12.9. The van der Waals surface area contributed by atoms with Gasteiger partial charge in [0, 0.05) is 0 Å². The van der Waals surface area contributed by atoms with Crippen LogP contribution in [0.25, 0.3) is 82.5 Å². The van der Waals surface area contributed by atoms with E-state index in [0.717, 1.165) is 39.9 Å². The van der Waals surface area contributed by atoms with E-state index in [-0.39, 0.29) is 0 Å². The van der Waals surface area contributed by atoms with Crippen LogP contribution in [0.4, 0.5) is 34.1 Å². The molecule has 0 saturated carbocycles. The predicted molar refractivity (Wildman–Crippen MR) is 313 cm³/mol. The van der Waals surface area contributed by atoms with Crippen molar-refractivity contribution in [3.63, 3.8) is 0 Å². The van der Waals surface area contributed by atoms with E-state index in [4.69, 9.17) is 4.74 Å². The number of fused-ring (bicyclic) bond motifs is 9. The van der Waals surface area contributed by atoms with Gasteiger partial charge in [0.2, 0.25) is 0 Å². The maximum absolute atomic E-state index is 7.72. The van der Waals surface area contributed by atoms with Crippen LogP contribution in [0.15, 0.2) is 231 Å². The van der Waals surface area contributed by atoms with Gasteiger partial charge < -0.3 is 0 Å². The number of ether oxygens (including phenoxy) is 1. The summed E-state index contributed by atoms with van der Waals surface area (Å²) in [7, 11) is 0. The number of hydrogen-bond donors (Lipinski definition) is 0. The Kier molecular flexibility index (Phi) is 8.47. The van der Waals surface area contributed by atoms with Gasteiger partial charge in [-0.25, -0.2) is 0 Å². The summed E-state index contributed by atoms with van der Waals surface area (Å²) >= 11 is -3.11. The van der Waals surface area contributed by atoms with E-state index >= 15 is 0 Å². The summed E-state index contributed by atoms with van der Waals surface area (Å²) in [5, 5.41) is 7.40. The van der Waals surface area contributed by atoms with E-state index in [9.17, 15) is 0 Å². The van der Waals surface area contributed by atoms with Crippen molar-refractivity contribution in [2.24, 2.45) is 0 Å². The fraction of sp³-hybridized carbons (Fsp3) is 0.0294. The van der Waals surface area contributed by atoms with Crippen molar-refractivity contribution in [1.82, 2.24) is 13.7 Å². The van der Waals surface area contributed by atoms with Crippen LogP contribution in [0.5, 0.6) is 11.5 Å². The average Bonchev–Trinajstić information content (AvgIpc) is 4.13. The molecule has 3 aromatic heterocycles. The molecule has 75 heavy (non-hydrogen) atoms. The van der Waals surface area contributed by atoms with Gasteiger partial charge in [-0.05, 0) is 0 Å². The average molecular weight is 1070 g/mol. The second kappa shape index (κ2) is 15.3. The topological polar surface area (TPSA) is 30.5 Å². The van der Waals surface area contributed by atoms with Gasteiger partial charge in [-0.2, -0.15) is 0 Å². The van der Waals surface area contributed by atoms with Crippen molar-refractivity contribution >= 4 is 130 Å². The molecule has 0 radical (unpaired) electrons. The molecule has 0 spiro atoms. The van der Waals surface area contributed by atoms with Crippen molar-refractivity contribution in [1.29, 1.82) is 0 Å². The molecule has 0 unspecified atom stereocenters. The third kappa shape index (κ3) is 5.69. The van der Waals surface area contributed by atoms with E-state index in [1.807, 2.05) is 0 Å². The number of anilines is 6. The van der Waals surface area contributed by atoms with Gasteiger partial charge in [-0.1, -0.05) is 0 Å². The first-order chi connectivity index (χ1) is 37.0. The Balaban J connectivity index is 1.04. The summed E-state index contributed by atoms with van der Waals surface area (Å²) in [6.07, 6.45) is 0. The number of rotatable bonds is 5. The third-order valence-corrected chi connectivity index (χ3v) is 23.8. The first-order valence-electron chi connectivity index (χ1n) is 25.8. The number of para-hydroxylation sites is 6. The van der Waals surface area contributed by atoms with E-state index in [1.165, 1.54) is 110 Å². The van der Waals surface area contributed by atoms with Crippen LogP contribution in [-0.4, -0.2) is 33.9 Å². The molecule has 11 aromatic carbocycles. The third-order valence-electron chi connectivity index (χ3n) is 16.1. The van der Waals surface area contributed by atoms with E-state index < -0.39 is 20.2 Å². The Morgan fingerprint density at radius 1 is 0.280 bits per heavy atom. The van der Waals surface area contributed by atoms with Gasteiger partial charge in [0.05, 0.1) is 0 Å². The maximum atomic E-state index is 7.72. The minimum atomic E-state index is -3.11. The van der Waals surface area contributed by atoms with Crippen LogP contribution < -0.4 is 25.1 Å². The number of hydrogen-bond acceptors (Lipinski definition) is 3. The van der Waals surface area contributed by atoms with Crippen LogP contribution in [0.3, 0.4) is 0 Å². The molecule has 3 aliphatic rings. The molecule has 0 fully saturated rings. The number of aromatic nitrogens is 3. The Labute approximate surface area is 439 Å². The Morgan fingerprint density at radius 2 is 0.547 bits per heavy atom. The molecule has 0 aliphatic carbocycles. The second-order valence-corrected chi connectivity index (χ2v) is 26.1. The summed E-state index contributed by atoms with van der Waals surface area (Å²) in [5.41, 5.74) is 19.8. The molecule has 0 atom stereocenters. The Morgan fingerprint density at radius 3 is 0.853 bits per heavy atom. The van der Waals surface area contributed by atoms with Crippen LogP contribution in [0.1, 0.15) is 11.1 Å². The Bertz CT molecular complexity index is 4390. The van der Waals surface area contributed by atoms with Crippen molar-refractivity contribution in [2.45, 2.75) is 13.8 Å². The minimum absolute atomic E-state index is 0.939. The number of aryl methyl sites for hydroxylation is 2. The van der Waals surface area contributed by atoms with Crippen LogP contribution in [0.2, 0.25) is 0 Å². The SMILES string of the molecule is Cc1ccc(N2c3cc(-n4c5ccccc5c5ccccc54)cc4[c]3[Sb]3[c]5c(cc(-n6c7ccccc7c7ccccc76)cc5N(c5ccc(C)cc5)c5cc(-n6c7ccccc7c7ccccc76)cc2[c]53)O4)cc1. The van der Waals surface area contributed by atoms with Gasteiger partial charge >= 0.3 is 443 Å². The molecule has 6 heterocycles. The van der Waals surface area contributed by atoms with Gasteiger partial charge in [0.1, 0.15) is 0 Å². The molecule has 352 valence electrons. The van der Waals surface area contributed by atoms with Crippen molar-refractivity contribution < 1.29 is 4.74 Å². The monoisotopic (exact) mass is 1070 g/mol. The first-order valence-corrected chi connectivity index (χ1v) is 29.6. The van der Waals surface area contributed by atoms with E-state index in [1.54, 1.807) is 0 Å². The van der Waals surface area contributed by atoms with Crippen LogP contribution in [-0.2, 0) is 0 Å². The fourth-order valence-corrected chi connectivity index (χ4v) is 21.2. The van der Waals surface area contributed by atoms with Gasteiger partial charge in [0.25, 0.3) is 0 Å². The summed E-state index contributed by atoms with van der Waals surface area (Å²) in [4.78, 5) is 5.15. The van der Waals surface area contributed by atoms with Crippen molar-refractivity contribution in [3.05, 3.63) is 242 Å². The molecule has 6 nitrogen and oxygen atoms in total. The van der Waals surface area contributed by atoms with Gasteiger partial charge in [-0.15, -0.1) is 0 Å².